The van der Waals surface area contributed by atoms with Gasteiger partial charge in [-0.2, -0.15) is 0 Å². The maximum Gasteiger partial charge on any atom is 0.155 e. The first kappa shape index (κ1) is 8.03. The lowest BCUT2D eigenvalue weighted by Gasteiger charge is -2.32. The van der Waals surface area contributed by atoms with E-state index in [0.717, 1.165) is 12.8 Å². The van der Waals surface area contributed by atoms with Gasteiger partial charge in [-0.05, 0) is 43.6 Å². The molecule has 0 bridgehead atoms. The van der Waals surface area contributed by atoms with E-state index < -0.39 is 0 Å². The van der Waals surface area contributed by atoms with E-state index in [9.17, 15) is 4.79 Å². The van der Waals surface area contributed by atoms with Gasteiger partial charge in [-0.3, -0.25) is 4.79 Å². The highest BCUT2D eigenvalue weighted by Gasteiger charge is 2.39. The Labute approximate surface area is 73.8 Å². The molecule has 1 saturated carbocycles. The molecular weight excluding hydrogens is 148 g/mol. The lowest BCUT2D eigenvalue weighted by Crippen LogP contribution is -2.23. The Morgan fingerprint density at radius 1 is 1.42 bits per heavy atom. The van der Waals surface area contributed by atoms with Crippen LogP contribution in [0.5, 0.6) is 0 Å². The van der Waals surface area contributed by atoms with Crippen LogP contribution in [-0.2, 0) is 4.79 Å². The van der Waals surface area contributed by atoms with E-state index >= 15 is 0 Å². The maximum atomic E-state index is 11.2. The van der Waals surface area contributed by atoms with Crippen LogP contribution < -0.4 is 0 Å². The van der Waals surface area contributed by atoms with Crippen molar-refractivity contribution in [1.29, 1.82) is 0 Å². The van der Waals surface area contributed by atoms with Crippen LogP contribution in [0.25, 0.3) is 0 Å². The minimum atomic E-state index is 0.357. The Morgan fingerprint density at radius 3 is 3.00 bits per heavy atom. The van der Waals surface area contributed by atoms with Crippen LogP contribution in [-0.4, -0.2) is 5.78 Å². The Bertz CT molecular complexity index is 239. The predicted octanol–water partition coefficient (Wildman–Crippen LogP) is 2.86. The van der Waals surface area contributed by atoms with Crippen molar-refractivity contribution in [2.45, 2.75) is 45.4 Å². The standard InChI is InChI=1S/C11H16O/c1-2-11-6-3-4-9(11)8-10(12)5-7-11/h8H,2-7H2,1H3. The fraction of sp³-hybridized carbons (Fsp3) is 0.727. The average molecular weight is 164 g/mol. The fourth-order valence-electron chi connectivity index (χ4n) is 2.76. The number of hydrogen-bond donors (Lipinski definition) is 0. The van der Waals surface area contributed by atoms with Crippen LogP contribution in [0.15, 0.2) is 11.6 Å². The second-order valence-corrected chi connectivity index (χ2v) is 4.12. The van der Waals surface area contributed by atoms with Gasteiger partial charge in [-0.25, -0.2) is 0 Å². The van der Waals surface area contributed by atoms with Crippen molar-refractivity contribution in [3.63, 3.8) is 0 Å². The third-order valence-corrected chi connectivity index (χ3v) is 3.64. The van der Waals surface area contributed by atoms with Gasteiger partial charge in [0.1, 0.15) is 0 Å². The molecule has 1 heteroatoms. The van der Waals surface area contributed by atoms with E-state index in [1.807, 2.05) is 6.08 Å². The zero-order valence-electron chi connectivity index (χ0n) is 7.73. The van der Waals surface area contributed by atoms with Crippen molar-refractivity contribution in [3.8, 4) is 0 Å². The molecule has 0 heterocycles. The van der Waals surface area contributed by atoms with Gasteiger partial charge in [0.15, 0.2) is 5.78 Å². The molecular formula is C11H16O. The number of allylic oxidation sites excluding steroid dienone is 2. The highest BCUT2D eigenvalue weighted by molar-refractivity contribution is 5.91. The highest BCUT2D eigenvalue weighted by atomic mass is 16.1. The van der Waals surface area contributed by atoms with Gasteiger partial charge < -0.3 is 0 Å². The lowest BCUT2D eigenvalue weighted by molar-refractivity contribution is -0.115. The van der Waals surface area contributed by atoms with Crippen LogP contribution in [0, 0.1) is 5.41 Å². The molecule has 0 radical (unpaired) electrons. The highest BCUT2D eigenvalue weighted by Crippen LogP contribution is 2.50. The molecule has 66 valence electrons. The van der Waals surface area contributed by atoms with E-state index in [-0.39, 0.29) is 0 Å². The van der Waals surface area contributed by atoms with Crippen molar-refractivity contribution in [3.05, 3.63) is 11.6 Å². The van der Waals surface area contributed by atoms with Crippen molar-refractivity contribution in [1.82, 2.24) is 0 Å². The predicted molar refractivity (Wildman–Crippen MR) is 48.9 cm³/mol. The third kappa shape index (κ3) is 1.03. The lowest BCUT2D eigenvalue weighted by atomic mass is 9.72. The van der Waals surface area contributed by atoms with Crippen molar-refractivity contribution >= 4 is 5.78 Å². The van der Waals surface area contributed by atoms with Crippen molar-refractivity contribution in [2.75, 3.05) is 0 Å². The van der Waals surface area contributed by atoms with Crippen LogP contribution >= 0.6 is 0 Å². The summed E-state index contributed by atoms with van der Waals surface area (Å²) in [7, 11) is 0. The summed E-state index contributed by atoms with van der Waals surface area (Å²) in [5, 5.41) is 0. The Balaban J connectivity index is 2.33. The minimum absolute atomic E-state index is 0.357. The normalized spacial score (nSPS) is 34.8. The van der Waals surface area contributed by atoms with E-state index in [1.54, 1.807) is 0 Å². The van der Waals surface area contributed by atoms with Crippen LogP contribution in [0.4, 0.5) is 0 Å². The number of carbonyl (C=O) groups is 1. The monoisotopic (exact) mass is 164 g/mol. The van der Waals surface area contributed by atoms with Gasteiger partial charge in [-0.15, -0.1) is 0 Å². The third-order valence-electron chi connectivity index (χ3n) is 3.64. The molecule has 0 aromatic rings. The van der Waals surface area contributed by atoms with Gasteiger partial charge in [0, 0.05) is 6.42 Å². The van der Waals surface area contributed by atoms with Crippen LogP contribution in [0.3, 0.4) is 0 Å². The van der Waals surface area contributed by atoms with Gasteiger partial charge in [0.05, 0.1) is 0 Å². The molecule has 2 aliphatic carbocycles. The zero-order chi connectivity index (χ0) is 8.60. The summed E-state index contributed by atoms with van der Waals surface area (Å²) in [4.78, 5) is 11.2. The second-order valence-electron chi connectivity index (χ2n) is 4.12. The first-order chi connectivity index (χ1) is 5.77. The molecule has 0 aliphatic heterocycles. The Morgan fingerprint density at radius 2 is 2.25 bits per heavy atom. The van der Waals surface area contributed by atoms with Crippen LogP contribution in [0.2, 0.25) is 0 Å². The Hall–Kier alpha value is -0.590. The molecule has 0 amide bonds. The summed E-state index contributed by atoms with van der Waals surface area (Å²) in [6.07, 6.45) is 8.87. The zero-order valence-corrected chi connectivity index (χ0v) is 7.73. The van der Waals surface area contributed by atoms with Crippen LogP contribution in [0.1, 0.15) is 45.4 Å². The molecule has 0 spiro atoms. The van der Waals surface area contributed by atoms with Gasteiger partial charge in [-0.1, -0.05) is 12.5 Å². The Kier molecular flexibility index (Phi) is 1.82. The second kappa shape index (κ2) is 2.72. The summed E-state index contributed by atoms with van der Waals surface area (Å²) in [5.41, 5.74) is 1.91. The quantitative estimate of drug-likeness (QED) is 0.582. The summed E-state index contributed by atoms with van der Waals surface area (Å²) in [5.74, 6) is 0.357. The van der Waals surface area contributed by atoms with E-state index in [1.165, 1.54) is 31.3 Å². The average Bonchev–Trinajstić information content (AvgIpc) is 2.48. The molecule has 0 saturated heterocycles. The van der Waals surface area contributed by atoms with E-state index in [2.05, 4.69) is 6.92 Å². The van der Waals surface area contributed by atoms with Gasteiger partial charge in [0.2, 0.25) is 0 Å². The summed E-state index contributed by atoms with van der Waals surface area (Å²) in [6.45, 7) is 2.26. The molecule has 12 heavy (non-hydrogen) atoms. The van der Waals surface area contributed by atoms with Crippen molar-refractivity contribution < 1.29 is 4.79 Å². The number of carbonyl (C=O) groups excluding carboxylic acids is 1. The maximum absolute atomic E-state index is 11.2. The first-order valence-electron chi connectivity index (χ1n) is 5.01. The fourth-order valence-corrected chi connectivity index (χ4v) is 2.76. The molecule has 0 aromatic heterocycles. The molecule has 2 rings (SSSR count). The molecule has 1 unspecified atom stereocenters. The van der Waals surface area contributed by atoms with E-state index in [0.29, 0.717) is 11.2 Å². The molecule has 1 nitrogen and oxygen atoms in total. The number of ketones is 1. The van der Waals surface area contributed by atoms with Gasteiger partial charge >= 0.3 is 0 Å². The smallest absolute Gasteiger partial charge is 0.155 e. The first-order valence-corrected chi connectivity index (χ1v) is 5.01. The number of rotatable bonds is 1. The SMILES string of the molecule is CCC12CCCC1=CC(=O)CC2. The van der Waals surface area contributed by atoms with Crippen molar-refractivity contribution in [2.24, 2.45) is 5.41 Å². The van der Waals surface area contributed by atoms with E-state index in [4.69, 9.17) is 0 Å². The molecule has 0 N–H and O–H groups in total. The summed E-state index contributed by atoms with van der Waals surface area (Å²) in [6, 6.07) is 0. The molecule has 0 aromatic carbocycles. The molecule has 1 atom stereocenters. The largest absolute Gasteiger partial charge is 0.295 e. The summed E-state index contributed by atoms with van der Waals surface area (Å²) < 4.78 is 0. The minimum Gasteiger partial charge on any atom is -0.295 e. The van der Waals surface area contributed by atoms with Gasteiger partial charge in [0.25, 0.3) is 0 Å². The summed E-state index contributed by atoms with van der Waals surface area (Å²) >= 11 is 0. The molecule has 2 aliphatic rings. The molecule has 1 fully saturated rings. The topological polar surface area (TPSA) is 17.1 Å². The number of fused-ring (bicyclic) bond motifs is 1. The number of hydrogen-bond acceptors (Lipinski definition) is 1.